The SMILES string of the molecule is CNC(=O)CSc1nnc(-c2ccccc2)n1-c1ccc(OC)c(Cl)c1. The molecule has 134 valence electrons. The van der Waals surface area contributed by atoms with Crippen molar-refractivity contribution in [3.05, 3.63) is 53.6 Å². The second-order valence-electron chi connectivity index (χ2n) is 5.29. The van der Waals surface area contributed by atoms with Crippen molar-refractivity contribution in [3.63, 3.8) is 0 Å². The van der Waals surface area contributed by atoms with Crippen molar-refractivity contribution < 1.29 is 9.53 Å². The third-order valence-electron chi connectivity index (χ3n) is 3.67. The Bertz CT molecular complexity index is 915. The van der Waals surface area contributed by atoms with Crippen molar-refractivity contribution in [3.8, 4) is 22.8 Å². The van der Waals surface area contributed by atoms with Crippen LogP contribution in [-0.4, -0.2) is 40.6 Å². The van der Waals surface area contributed by atoms with Crippen LogP contribution in [0.15, 0.2) is 53.7 Å². The van der Waals surface area contributed by atoms with Crippen LogP contribution in [0.1, 0.15) is 0 Å². The molecular formula is C18H17ClN4O2S. The molecule has 26 heavy (non-hydrogen) atoms. The Morgan fingerprint density at radius 3 is 2.65 bits per heavy atom. The minimum atomic E-state index is -0.0847. The van der Waals surface area contributed by atoms with Gasteiger partial charge in [0.1, 0.15) is 5.75 Å². The van der Waals surface area contributed by atoms with Gasteiger partial charge >= 0.3 is 0 Å². The summed E-state index contributed by atoms with van der Waals surface area (Å²) >= 11 is 7.61. The minimum Gasteiger partial charge on any atom is -0.495 e. The zero-order valence-corrected chi connectivity index (χ0v) is 15.8. The highest BCUT2D eigenvalue weighted by Gasteiger charge is 2.18. The van der Waals surface area contributed by atoms with Crippen molar-refractivity contribution in [1.82, 2.24) is 20.1 Å². The Kier molecular flexibility index (Phi) is 5.80. The van der Waals surface area contributed by atoms with Crippen molar-refractivity contribution in [2.24, 2.45) is 0 Å². The van der Waals surface area contributed by atoms with Gasteiger partial charge in [0.25, 0.3) is 0 Å². The van der Waals surface area contributed by atoms with Crippen molar-refractivity contribution in [2.45, 2.75) is 5.16 Å². The van der Waals surface area contributed by atoms with E-state index in [0.717, 1.165) is 11.3 Å². The maximum Gasteiger partial charge on any atom is 0.230 e. The molecular weight excluding hydrogens is 372 g/mol. The van der Waals surface area contributed by atoms with Gasteiger partial charge < -0.3 is 10.1 Å². The first-order valence-corrected chi connectivity index (χ1v) is 9.18. The summed E-state index contributed by atoms with van der Waals surface area (Å²) in [5.41, 5.74) is 1.71. The summed E-state index contributed by atoms with van der Waals surface area (Å²) in [5.74, 6) is 1.42. The Labute approximate surface area is 160 Å². The molecule has 1 amide bonds. The third kappa shape index (κ3) is 3.84. The number of aromatic nitrogens is 3. The number of hydrogen-bond acceptors (Lipinski definition) is 5. The summed E-state index contributed by atoms with van der Waals surface area (Å²) in [4.78, 5) is 11.6. The maximum atomic E-state index is 11.6. The number of benzene rings is 2. The number of nitrogens with one attached hydrogen (secondary N) is 1. The molecule has 6 nitrogen and oxygen atoms in total. The smallest absolute Gasteiger partial charge is 0.230 e. The van der Waals surface area contributed by atoms with E-state index in [-0.39, 0.29) is 11.7 Å². The van der Waals surface area contributed by atoms with Crippen LogP contribution in [-0.2, 0) is 4.79 Å². The number of nitrogens with zero attached hydrogens (tertiary/aromatic N) is 3. The number of hydrogen-bond donors (Lipinski definition) is 1. The molecule has 0 saturated heterocycles. The number of carbonyl (C=O) groups is 1. The van der Waals surface area contributed by atoms with Crippen LogP contribution in [0, 0.1) is 0 Å². The van der Waals surface area contributed by atoms with E-state index in [1.54, 1.807) is 26.3 Å². The van der Waals surface area contributed by atoms with Gasteiger partial charge in [0.15, 0.2) is 11.0 Å². The van der Waals surface area contributed by atoms with Crippen LogP contribution < -0.4 is 10.1 Å². The molecule has 1 aromatic heterocycles. The number of halogens is 1. The second-order valence-corrected chi connectivity index (χ2v) is 6.64. The lowest BCUT2D eigenvalue weighted by atomic mass is 10.2. The lowest BCUT2D eigenvalue weighted by Gasteiger charge is -2.12. The number of ether oxygens (including phenoxy) is 1. The average molecular weight is 389 g/mol. The van der Waals surface area contributed by atoms with Gasteiger partial charge in [-0.25, -0.2) is 0 Å². The molecule has 8 heteroatoms. The fourth-order valence-corrected chi connectivity index (χ4v) is 3.44. The number of carbonyl (C=O) groups excluding carboxylic acids is 1. The van der Waals surface area contributed by atoms with Crippen LogP contribution in [0.2, 0.25) is 5.02 Å². The first kappa shape index (κ1) is 18.3. The molecule has 0 unspecified atom stereocenters. The van der Waals surface area contributed by atoms with Gasteiger partial charge in [-0.1, -0.05) is 53.7 Å². The van der Waals surface area contributed by atoms with E-state index in [2.05, 4.69) is 15.5 Å². The average Bonchev–Trinajstić information content (AvgIpc) is 3.10. The Morgan fingerprint density at radius 1 is 1.23 bits per heavy atom. The molecule has 0 saturated carbocycles. The number of thioether (sulfide) groups is 1. The highest BCUT2D eigenvalue weighted by molar-refractivity contribution is 7.99. The molecule has 0 radical (unpaired) electrons. The predicted octanol–water partition coefficient (Wildman–Crippen LogP) is 3.43. The second kappa shape index (κ2) is 8.25. The Balaban J connectivity index is 2.08. The van der Waals surface area contributed by atoms with Crippen LogP contribution >= 0.6 is 23.4 Å². The first-order chi connectivity index (χ1) is 12.6. The molecule has 0 fully saturated rings. The summed E-state index contributed by atoms with van der Waals surface area (Å²) in [6.07, 6.45) is 0. The third-order valence-corrected chi connectivity index (χ3v) is 4.89. The van der Waals surface area contributed by atoms with Gasteiger partial charge in [-0.15, -0.1) is 10.2 Å². The fraction of sp³-hybridized carbons (Fsp3) is 0.167. The molecule has 0 spiro atoms. The van der Waals surface area contributed by atoms with E-state index in [1.165, 1.54) is 11.8 Å². The molecule has 2 aromatic carbocycles. The molecule has 0 aliphatic rings. The molecule has 0 atom stereocenters. The van der Waals surface area contributed by atoms with Gasteiger partial charge in [-0.05, 0) is 18.2 Å². The van der Waals surface area contributed by atoms with Gasteiger partial charge in [-0.2, -0.15) is 0 Å². The normalized spacial score (nSPS) is 10.6. The number of amides is 1. The standard InChI is InChI=1S/C18H17ClN4O2S/c1-20-16(24)11-26-18-22-21-17(12-6-4-3-5-7-12)23(18)13-8-9-15(25-2)14(19)10-13/h3-10H,11H2,1-2H3,(H,20,24). The molecule has 0 bridgehead atoms. The molecule has 3 rings (SSSR count). The predicted molar refractivity (Wildman–Crippen MR) is 103 cm³/mol. The molecule has 3 aromatic rings. The number of methoxy groups -OCH3 is 1. The fourth-order valence-electron chi connectivity index (χ4n) is 2.37. The Hall–Kier alpha value is -2.51. The van der Waals surface area contributed by atoms with Gasteiger partial charge in [-0.3, -0.25) is 9.36 Å². The highest BCUT2D eigenvalue weighted by atomic mass is 35.5. The quantitative estimate of drug-likeness (QED) is 0.655. The molecule has 0 aliphatic carbocycles. The van der Waals surface area contributed by atoms with Gasteiger partial charge in [0.2, 0.25) is 5.91 Å². The minimum absolute atomic E-state index is 0.0847. The summed E-state index contributed by atoms with van der Waals surface area (Å²) in [7, 11) is 3.17. The van der Waals surface area contributed by atoms with Crippen molar-refractivity contribution >= 4 is 29.3 Å². The molecule has 1 N–H and O–H groups in total. The largest absolute Gasteiger partial charge is 0.495 e. The summed E-state index contributed by atoms with van der Waals surface area (Å²) < 4.78 is 7.11. The highest BCUT2D eigenvalue weighted by Crippen LogP contribution is 2.32. The van der Waals surface area contributed by atoms with Gasteiger partial charge in [0.05, 0.1) is 23.6 Å². The lowest BCUT2D eigenvalue weighted by Crippen LogP contribution is -2.20. The van der Waals surface area contributed by atoms with E-state index in [9.17, 15) is 4.79 Å². The Morgan fingerprint density at radius 2 is 2.00 bits per heavy atom. The van der Waals surface area contributed by atoms with E-state index in [0.29, 0.717) is 21.8 Å². The monoisotopic (exact) mass is 388 g/mol. The van der Waals surface area contributed by atoms with Crippen LogP contribution in [0.25, 0.3) is 17.1 Å². The van der Waals surface area contributed by atoms with Crippen LogP contribution in [0.4, 0.5) is 0 Å². The zero-order chi connectivity index (χ0) is 18.5. The molecule has 0 aliphatic heterocycles. The van der Waals surface area contributed by atoms with E-state index in [1.807, 2.05) is 41.0 Å². The van der Waals surface area contributed by atoms with Crippen LogP contribution in [0.3, 0.4) is 0 Å². The summed E-state index contributed by atoms with van der Waals surface area (Å²) in [5, 5.41) is 12.3. The summed E-state index contributed by atoms with van der Waals surface area (Å²) in [6.45, 7) is 0. The molecule has 1 heterocycles. The van der Waals surface area contributed by atoms with Crippen LogP contribution in [0.5, 0.6) is 5.75 Å². The first-order valence-electron chi connectivity index (χ1n) is 7.82. The van der Waals surface area contributed by atoms with E-state index >= 15 is 0 Å². The topological polar surface area (TPSA) is 69.0 Å². The van der Waals surface area contributed by atoms with E-state index < -0.39 is 0 Å². The van der Waals surface area contributed by atoms with Crippen molar-refractivity contribution in [1.29, 1.82) is 0 Å². The summed E-state index contributed by atoms with van der Waals surface area (Å²) in [6, 6.07) is 15.2. The number of rotatable bonds is 6. The van der Waals surface area contributed by atoms with E-state index in [4.69, 9.17) is 16.3 Å². The lowest BCUT2D eigenvalue weighted by molar-refractivity contribution is -0.118. The van der Waals surface area contributed by atoms with Gasteiger partial charge in [0, 0.05) is 12.6 Å². The maximum absolute atomic E-state index is 11.6. The van der Waals surface area contributed by atoms with Crippen molar-refractivity contribution in [2.75, 3.05) is 19.9 Å². The zero-order valence-electron chi connectivity index (χ0n) is 14.3.